The summed E-state index contributed by atoms with van der Waals surface area (Å²) in [7, 11) is 5.31. The van der Waals surface area contributed by atoms with Gasteiger partial charge in [-0.1, -0.05) is 12.5 Å². The summed E-state index contributed by atoms with van der Waals surface area (Å²) in [6.45, 7) is 5.89. The van der Waals surface area contributed by atoms with Crippen LogP contribution in [0.4, 0.5) is 0 Å². The molecular weight excluding hydrogens is 70.9 g/mol. The average molecular weight is 79.9 g/mol. The van der Waals surface area contributed by atoms with Crippen LogP contribution in [-0.2, 0) is 0 Å². The van der Waals surface area contributed by atoms with Gasteiger partial charge < -0.3 is 0 Å². The van der Waals surface area contributed by atoms with Crippen LogP contribution in [0.1, 0.15) is 20.8 Å². The van der Waals surface area contributed by atoms with Gasteiger partial charge in [0.1, 0.15) is 7.85 Å². The van der Waals surface area contributed by atoms with Crippen LogP contribution < -0.4 is 0 Å². The second-order valence-electron chi connectivity index (χ2n) is 1.68. The highest BCUT2D eigenvalue weighted by atomic mass is 13.8. The van der Waals surface area contributed by atoms with Gasteiger partial charge in [0.05, 0.1) is 0 Å². The fourth-order valence-electron chi connectivity index (χ4n) is 0. The Hall–Kier alpha value is -0.195. The summed E-state index contributed by atoms with van der Waals surface area (Å²) >= 11 is 0. The Balaban J connectivity index is 3.68. The van der Waals surface area contributed by atoms with E-state index in [0.717, 1.165) is 5.47 Å². The molecule has 0 aliphatic heterocycles. The SMILES string of the molecule is [B]C(C)=C(C)C. The number of rotatable bonds is 0. The minimum absolute atomic E-state index is 0.926. The predicted molar refractivity (Wildman–Crippen MR) is 29.8 cm³/mol. The van der Waals surface area contributed by atoms with E-state index in [1.165, 1.54) is 5.57 Å². The molecule has 2 radical (unpaired) electrons. The van der Waals surface area contributed by atoms with Crippen molar-refractivity contribution in [1.29, 1.82) is 0 Å². The molecule has 0 aromatic rings. The molecule has 0 spiro atoms. The molecule has 0 N–H and O–H groups in total. The third-order valence-corrected chi connectivity index (χ3v) is 0.789. The van der Waals surface area contributed by atoms with Gasteiger partial charge in [0, 0.05) is 0 Å². The van der Waals surface area contributed by atoms with E-state index in [0.29, 0.717) is 0 Å². The smallest absolute Gasteiger partial charge is 0.107 e. The summed E-state index contributed by atoms with van der Waals surface area (Å²) in [5, 5.41) is 0. The molecule has 6 heavy (non-hydrogen) atoms. The summed E-state index contributed by atoms with van der Waals surface area (Å²) in [4.78, 5) is 0. The van der Waals surface area contributed by atoms with Gasteiger partial charge in [-0.15, -0.1) is 5.47 Å². The lowest BCUT2D eigenvalue weighted by Crippen LogP contribution is -1.73. The Morgan fingerprint density at radius 3 is 1.33 bits per heavy atom. The van der Waals surface area contributed by atoms with Crippen LogP contribution in [0.15, 0.2) is 11.0 Å². The Kier molecular flexibility index (Phi) is 2.00. The van der Waals surface area contributed by atoms with Crippen molar-refractivity contribution in [2.24, 2.45) is 0 Å². The first-order valence-electron chi connectivity index (χ1n) is 2.04. The highest BCUT2D eigenvalue weighted by Gasteiger charge is 1.75. The van der Waals surface area contributed by atoms with E-state index >= 15 is 0 Å². The zero-order valence-electron chi connectivity index (χ0n) is 4.58. The minimum atomic E-state index is 0.926. The molecule has 0 atom stereocenters. The molecule has 0 aromatic carbocycles. The summed E-state index contributed by atoms with van der Waals surface area (Å²) < 4.78 is 0. The van der Waals surface area contributed by atoms with Gasteiger partial charge >= 0.3 is 0 Å². The standard InChI is InChI=1S/C5H9B/c1-4(2)5(3)6/h1-3H3. The highest BCUT2D eigenvalue weighted by molar-refractivity contribution is 6.21. The monoisotopic (exact) mass is 80.1 g/mol. The number of hydrogen-bond donors (Lipinski definition) is 0. The average Bonchev–Trinajstić information content (AvgIpc) is 1.36. The van der Waals surface area contributed by atoms with Crippen molar-refractivity contribution in [2.45, 2.75) is 20.8 Å². The topological polar surface area (TPSA) is 0 Å². The highest BCUT2D eigenvalue weighted by Crippen LogP contribution is 1.93. The first-order valence-corrected chi connectivity index (χ1v) is 2.04. The van der Waals surface area contributed by atoms with Crippen LogP contribution in [0.2, 0.25) is 0 Å². The van der Waals surface area contributed by atoms with Gasteiger partial charge in [-0.2, -0.15) is 0 Å². The predicted octanol–water partition coefficient (Wildman–Crippen LogP) is 1.47. The number of allylic oxidation sites excluding steroid dienone is 2. The normalized spacial score (nSPS) is 7.83. The summed E-state index contributed by atoms with van der Waals surface area (Å²) in [5.41, 5.74) is 2.13. The summed E-state index contributed by atoms with van der Waals surface area (Å²) in [5.74, 6) is 0. The Morgan fingerprint density at radius 2 is 1.33 bits per heavy atom. The molecule has 1 heteroatoms. The van der Waals surface area contributed by atoms with Crippen LogP contribution >= 0.6 is 0 Å². The lowest BCUT2D eigenvalue weighted by molar-refractivity contribution is 1.34. The molecule has 0 aliphatic rings. The van der Waals surface area contributed by atoms with E-state index in [9.17, 15) is 0 Å². The van der Waals surface area contributed by atoms with Crippen molar-refractivity contribution in [1.82, 2.24) is 0 Å². The van der Waals surface area contributed by atoms with Gasteiger partial charge in [0.15, 0.2) is 0 Å². The largest absolute Gasteiger partial charge is 0.122 e. The van der Waals surface area contributed by atoms with Crippen LogP contribution in [0.25, 0.3) is 0 Å². The molecule has 0 saturated carbocycles. The van der Waals surface area contributed by atoms with Crippen molar-refractivity contribution >= 4 is 7.85 Å². The third kappa shape index (κ3) is 2.07. The van der Waals surface area contributed by atoms with Gasteiger partial charge in [-0.3, -0.25) is 0 Å². The van der Waals surface area contributed by atoms with E-state index in [2.05, 4.69) is 0 Å². The van der Waals surface area contributed by atoms with Gasteiger partial charge in [-0.25, -0.2) is 0 Å². The van der Waals surface area contributed by atoms with E-state index < -0.39 is 0 Å². The molecule has 0 heterocycles. The fraction of sp³-hybridized carbons (Fsp3) is 0.600. The Morgan fingerprint density at radius 1 is 1.17 bits per heavy atom. The van der Waals surface area contributed by atoms with Crippen molar-refractivity contribution in [3.8, 4) is 0 Å². The molecule has 0 aliphatic carbocycles. The molecule has 0 saturated heterocycles. The molecule has 32 valence electrons. The van der Waals surface area contributed by atoms with Crippen molar-refractivity contribution in [3.63, 3.8) is 0 Å². The lowest BCUT2D eigenvalue weighted by atomic mass is 9.94. The second kappa shape index (κ2) is 2.06. The summed E-state index contributed by atoms with van der Waals surface area (Å²) in [6.07, 6.45) is 0. The van der Waals surface area contributed by atoms with Crippen LogP contribution in [0, 0.1) is 0 Å². The first kappa shape index (κ1) is 5.80. The maximum atomic E-state index is 5.31. The molecule has 0 fully saturated rings. The Labute approximate surface area is 40.7 Å². The molecule has 0 nitrogen and oxygen atoms in total. The minimum Gasteiger partial charge on any atom is -0.122 e. The lowest BCUT2D eigenvalue weighted by Gasteiger charge is -1.88. The number of hydrogen-bond acceptors (Lipinski definition) is 0. The molecule has 0 aromatic heterocycles. The van der Waals surface area contributed by atoms with Gasteiger partial charge in [0.25, 0.3) is 0 Å². The second-order valence-corrected chi connectivity index (χ2v) is 1.68. The Bertz CT molecular complexity index is 54.0. The van der Waals surface area contributed by atoms with Crippen LogP contribution in [0.3, 0.4) is 0 Å². The van der Waals surface area contributed by atoms with E-state index in [-0.39, 0.29) is 0 Å². The van der Waals surface area contributed by atoms with Gasteiger partial charge in [0.2, 0.25) is 0 Å². The van der Waals surface area contributed by atoms with Gasteiger partial charge in [-0.05, 0) is 13.8 Å². The maximum absolute atomic E-state index is 5.31. The van der Waals surface area contributed by atoms with Crippen molar-refractivity contribution in [2.75, 3.05) is 0 Å². The fourth-order valence-corrected chi connectivity index (χ4v) is 0. The van der Waals surface area contributed by atoms with E-state index in [1.54, 1.807) is 0 Å². The summed E-state index contributed by atoms with van der Waals surface area (Å²) in [6, 6.07) is 0. The molecule has 0 rings (SSSR count). The zero-order chi connectivity index (χ0) is 5.15. The quantitative estimate of drug-likeness (QED) is 0.386. The first-order chi connectivity index (χ1) is 2.64. The van der Waals surface area contributed by atoms with Crippen molar-refractivity contribution in [3.05, 3.63) is 11.0 Å². The van der Waals surface area contributed by atoms with Crippen LogP contribution in [0.5, 0.6) is 0 Å². The molecule has 0 unspecified atom stereocenters. The maximum Gasteiger partial charge on any atom is 0.107 e. The molecule has 0 bridgehead atoms. The van der Waals surface area contributed by atoms with Crippen LogP contribution in [-0.4, -0.2) is 7.85 Å². The molecular formula is C5H9B. The molecule has 0 amide bonds. The van der Waals surface area contributed by atoms with E-state index in [4.69, 9.17) is 7.85 Å². The van der Waals surface area contributed by atoms with E-state index in [1.807, 2.05) is 20.8 Å². The zero-order valence-corrected chi connectivity index (χ0v) is 4.58. The third-order valence-electron chi connectivity index (χ3n) is 0.789. The van der Waals surface area contributed by atoms with Crippen molar-refractivity contribution < 1.29 is 0 Å².